The molecule has 0 bridgehead atoms. The first-order valence-electron chi connectivity index (χ1n) is 13.4. The maximum Gasteiger partial charge on any atom is 0.394 e. The van der Waals surface area contributed by atoms with Gasteiger partial charge in [-0.15, -0.1) is 0 Å². The molecule has 0 aliphatic heterocycles. The molecular formula is C30H42N2O4. The van der Waals surface area contributed by atoms with E-state index in [1.165, 1.54) is 56.3 Å². The molecule has 0 spiro atoms. The Morgan fingerprint density at radius 1 is 0.806 bits per heavy atom. The standard InChI is InChI=1S/C30H42N2O4/c1-3-4-5-6-7-8-9-10-11-15-22-31-28(33)27-20-18-26(19-21-27)24(2)32(29(34)30(35)36)23-25-16-13-12-14-17-25/h12-14,16-21,24H,3-11,15,22-23H2,1-2H3,(H,31,33)(H,35,36). The molecule has 2 aromatic rings. The highest BCUT2D eigenvalue weighted by atomic mass is 16.4. The molecule has 1 atom stereocenters. The summed E-state index contributed by atoms with van der Waals surface area (Å²) in [6, 6.07) is 15.9. The fourth-order valence-electron chi connectivity index (χ4n) is 4.30. The van der Waals surface area contributed by atoms with Gasteiger partial charge in [0.05, 0.1) is 6.04 Å². The van der Waals surface area contributed by atoms with E-state index >= 15 is 0 Å². The topological polar surface area (TPSA) is 86.7 Å². The number of unbranched alkanes of at least 4 members (excludes halogenated alkanes) is 9. The maximum atomic E-state index is 12.5. The van der Waals surface area contributed by atoms with Crippen molar-refractivity contribution in [3.05, 3.63) is 71.3 Å². The molecule has 0 aliphatic rings. The minimum absolute atomic E-state index is 0.118. The molecule has 0 aromatic heterocycles. The van der Waals surface area contributed by atoms with Gasteiger partial charge in [0.15, 0.2) is 0 Å². The molecule has 2 rings (SSSR count). The Morgan fingerprint density at radius 2 is 1.36 bits per heavy atom. The smallest absolute Gasteiger partial charge is 0.394 e. The zero-order valence-corrected chi connectivity index (χ0v) is 21.9. The van der Waals surface area contributed by atoms with Crippen molar-refractivity contribution in [2.75, 3.05) is 6.54 Å². The number of nitrogens with zero attached hydrogens (tertiary/aromatic N) is 1. The van der Waals surface area contributed by atoms with Gasteiger partial charge in [0.1, 0.15) is 0 Å². The number of hydrogen-bond acceptors (Lipinski definition) is 3. The molecule has 0 saturated heterocycles. The molecule has 6 heteroatoms. The number of benzene rings is 2. The van der Waals surface area contributed by atoms with Gasteiger partial charge in [0, 0.05) is 18.7 Å². The number of hydrogen-bond donors (Lipinski definition) is 2. The lowest BCUT2D eigenvalue weighted by Gasteiger charge is -2.28. The summed E-state index contributed by atoms with van der Waals surface area (Å²) >= 11 is 0. The van der Waals surface area contributed by atoms with Crippen LogP contribution in [0.3, 0.4) is 0 Å². The van der Waals surface area contributed by atoms with Gasteiger partial charge in [-0.3, -0.25) is 9.59 Å². The van der Waals surface area contributed by atoms with Crippen LogP contribution in [0.4, 0.5) is 0 Å². The first-order valence-corrected chi connectivity index (χ1v) is 13.4. The lowest BCUT2D eigenvalue weighted by molar-refractivity contribution is -0.157. The van der Waals surface area contributed by atoms with Crippen molar-refractivity contribution < 1.29 is 19.5 Å². The van der Waals surface area contributed by atoms with Crippen LogP contribution in [-0.2, 0) is 16.1 Å². The molecule has 0 radical (unpaired) electrons. The first-order chi connectivity index (χ1) is 17.4. The summed E-state index contributed by atoms with van der Waals surface area (Å²) < 4.78 is 0. The minimum Gasteiger partial charge on any atom is -0.474 e. The normalized spacial score (nSPS) is 11.6. The third-order valence-corrected chi connectivity index (χ3v) is 6.58. The predicted octanol–water partition coefficient (Wildman–Crippen LogP) is 6.51. The number of rotatable bonds is 16. The summed E-state index contributed by atoms with van der Waals surface area (Å²) in [4.78, 5) is 37.6. The monoisotopic (exact) mass is 494 g/mol. The summed E-state index contributed by atoms with van der Waals surface area (Å²) in [5.41, 5.74) is 2.17. The van der Waals surface area contributed by atoms with E-state index in [0.717, 1.165) is 24.0 Å². The molecule has 6 nitrogen and oxygen atoms in total. The van der Waals surface area contributed by atoms with E-state index in [4.69, 9.17) is 0 Å². The Balaban J connectivity index is 1.79. The van der Waals surface area contributed by atoms with Crippen LogP contribution >= 0.6 is 0 Å². The number of carbonyl (C=O) groups excluding carboxylic acids is 2. The van der Waals surface area contributed by atoms with E-state index in [0.29, 0.717) is 12.1 Å². The number of amides is 2. The van der Waals surface area contributed by atoms with Gasteiger partial charge in [-0.2, -0.15) is 0 Å². The molecule has 1 unspecified atom stereocenters. The Hall–Kier alpha value is -3.15. The fraction of sp³-hybridized carbons (Fsp3) is 0.500. The van der Waals surface area contributed by atoms with Gasteiger partial charge in [-0.05, 0) is 36.6 Å². The van der Waals surface area contributed by atoms with Crippen molar-refractivity contribution in [1.29, 1.82) is 0 Å². The second kappa shape index (κ2) is 16.5. The van der Waals surface area contributed by atoms with Gasteiger partial charge in [0.25, 0.3) is 5.91 Å². The Bertz CT molecular complexity index is 928. The zero-order valence-electron chi connectivity index (χ0n) is 21.9. The van der Waals surface area contributed by atoms with E-state index in [-0.39, 0.29) is 12.5 Å². The molecule has 0 aliphatic carbocycles. The van der Waals surface area contributed by atoms with Crippen LogP contribution in [0.1, 0.15) is 106 Å². The van der Waals surface area contributed by atoms with Crippen LogP contribution in [-0.4, -0.2) is 34.3 Å². The van der Waals surface area contributed by atoms with E-state index in [2.05, 4.69) is 12.2 Å². The molecule has 0 saturated carbocycles. The lowest BCUT2D eigenvalue weighted by Crippen LogP contribution is -2.38. The summed E-state index contributed by atoms with van der Waals surface area (Å²) in [7, 11) is 0. The SMILES string of the molecule is CCCCCCCCCCCCNC(=O)c1ccc(C(C)N(Cc2ccccc2)C(=O)C(=O)O)cc1. The average Bonchev–Trinajstić information content (AvgIpc) is 2.90. The van der Waals surface area contributed by atoms with E-state index in [9.17, 15) is 19.5 Å². The highest BCUT2D eigenvalue weighted by Gasteiger charge is 2.27. The van der Waals surface area contributed by atoms with Crippen molar-refractivity contribution in [2.45, 2.75) is 90.6 Å². The van der Waals surface area contributed by atoms with E-state index in [1.807, 2.05) is 30.3 Å². The number of carbonyl (C=O) groups is 3. The quantitative estimate of drug-likeness (QED) is 0.206. The maximum absolute atomic E-state index is 12.5. The van der Waals surface area contributed by atoms with E-state index < -0.39 is 17.9 Å². The van der Waals surface area contributed by atoms with Crippen molar-refractivity contribution in [3.63, 3.8) is 0 Å². The molecule has 2 aromatic carbocycles. The molecule has 36 heavy (non-hydrogen) atoms. The van der Waals surface area contributed by atoms with Crippen LogP contribution in [0.2, 0.25) is 0 Å². The fourth-order valence-corrected chi connectivity index (χ4v) is 4.30. The average molecular weight is 495 g/mol. The first kappa shape index (κ1) is 29.1. The third kappa shape index (κ3) is 10.2. The predicted molar refractivity (Wildman–Crippen MR) is 144 cm³/mol. The van der Waals surface area contributed by atoms with Gasteiger partial charge in [-0.25, -0.2) is 4.79 Å². The highest BCUT2D eigenvalue weighted by Crippen LogP contribution is 2.23. The Morgan fingerprint density at radius 3 is 1.92 bits per heavy atom. The van der Waals surface area contributed by atoms with Crippen molar-refractivity contribution in [3.8, 4) is 0 Å². The Labute approximate surface area is 216 Å². The number of carboxylic acids is 1. The van der Waals surface area contributed by atoms with Crippen molar-refractivity contribution in [1.82, 2.24) is 10.2 Å². The van der Waals surface area contributed by atoms with Crippen LogP contribution in [0.25, 0.3) is 0 Å². The van der Waals surface area contributed by atoms with Crippen LogP contribution in [0.15, 0.2) is 54.6 Å². The molecule has 2 amide bonds. The second-order valence-corrected chi connectivity index (χ2v) is 9.46. The largest absolute Gasteiger partial charge is 0.474 e. The van der Waals surface area contributed by atoms with Crippen LogP contribution < -0.4 is 5.32 Å². The zero-order chi connectivity index (χ0) is 26.2. The second-order valence-electron chi connectivity index (χ2n) is 9.46. The summed E-state index contributed by atoms with van der Waals surface area (Å²) in [5.74, 6) is -2.56. The number of nitrogens with one attached hydrogen (secondary N) is 1. The van der Waals surface area contributed by atoms with Gasteiger partial charge < -0.3 is 15.3 Å². The van der Waals surface area contributed by atoms with Crippen molar-refractivity contribution in [2.24, 2.45) is 0 Å². The van der Waals surface area contributed by atoms with Gasteiger partial charge in [-0.1, -0.05) is 107 Å². The summed E-state index contributed by atoms with van der Waals surface area (Å²) in [5, 5.41) is 12.3. The molecular weight excluding hydrogens is 452 g/mol. The van der Waals surface area contributed by atoms with Gasteiger partial charge in [0.2, 0.25) is 0 Å². The highest BCUT2D eigenvalue weighted by molar-refractivity contribution is 6.31. The van der Waals surface area contributed by atoms with Gasteiger partial charge >= 0.3 is 11.9 Å². The molecule has 196 valence electrons. The van der Waals surface area contributed by atoms with Crippen molar-refractivity contribution >= 4 is 17.8 Å². The van der Waals surface area contributed by atoms with E-state index in [1.54, 1.807) is 31.2 Å². The summed E-state index contributed by atoms with van der Waals surface area (Å²) in [6.07, 6.45) is 12.6. The molecule has 0 fully saturated rings. The molecule has 2 N–H and O–H groups in total. The lowest BCUT2D eigenvalue weighted by atomic mass is 10.0. The number of aliphatic carboxylic acids is 1. The molecule has 0 heterocycles. The van der Waals surface area contributed by atoms with Crippen LogP contribution in [0, 0.1) is 0 Å². The third-order valence-electron chi connectivity index (χ3n) is 6.58. The number of carboxylic acid groups (broad SMARTS) is 1. The minimum atomic E-state index is -1.49. The van der Waals surface area contributed by atoms with Crippen LogP contribution in [0.5, 0.6) is 0 Å². The summed E-state index contributed by atoms with van der Waals surface area (Å²) in [6.45, 7) is 4.88. The Kier molecular flexibility index (Phi) is 13.3.